The van der Waals surface area contributed by atoms with Gasteiger partial charge in [0.1, 0.15) is 5.82 Å². The van der Waals surface area contributed by atoms with Gasteiger partial charge in [-0.3, -0.25) is 0 Å². The molecule has 2 heterocycles. The first kappa shape index (κ1) is 11.4. The van der Waals surface area contributed by atoms with Crippen LogP contribution in [0, 0.1) is 0 Å². The van der Waals surface area contributed by atoms with Crippen molar-refractivity contribution in [2.45, 2.75) is 25.9 Å². The SMILES string of the molecule is CCC(O)CCNc1nccc2sccc12. The van der Waals surface area contributed by atoms with E-state index in [2.05, 4.69) is 21.7 Å². The molecular formula is C12H16N2OS. The zero-order valence-corrected chi connectivity index (χ0v) is 10.1. The third-order valence-corrected chi connectivity index (χ3v) is 3.50. The summed E-state index contributed by atoms with van der Waals surface area (Å²) in [6.07, 6.45) is 3.17. The second kappa shape index (κ2) is 5.27. The van der Waals surface area contributed by atoms with E-state index in [-0.39, 0.29) is 6.10 Å². The largest absolute Gasteiger partial charge is 0.393 e. The lowest BCUT2D eigenvalue weighted by Crippen LogP contribution is -2.12. The molecule has 86 valence electrons. The molecule has 16 heavy (non-hydrogen) atoms. The van der Waals surface area contributed by atoms with Gasteiger partial charge in [-0.2, -0.15) is 0 Å². The standard InChI is InChI=1S/C12H16N2OS/c1-2-9(15)3-6-13-12-10-5-8-16-11(10)4-7-14-12/h4-5,7-9,15H,2-3,6H2,1H3,(H,13,14). The predicted molar refractivity (Wildman–Crippen MR) is 69.0 cm³/mol. The van der Waals surface area contributed by atoms with Crippen LogP contribution in [-0.2, 0) is 0 Å². The Morgan fingerprint density at radius 3 is 3.19 bits per heavy atom. The van der Waals surface area contributed by atoms with Crippen LogP contribution in [0.1, 0.15) is 19.8 Å². The Balaban J connectivity index is 2.01. The number of nitrogens with one attached hydrogen (secondary N) is 1. The van der Waals surface area contributed by atoms with E-state index in [1.54, 1.807) is 11.3 Å². The van der Waals surface area contributed by atoms with Crippen molar-refractivity contribution < 1.29 is 5.11 Å². The Morgan fingerprint density at radius 1 is 1.50 bits per heavy atom. The maximum atomic E-state index is 9.45. The number of rotatable bonds is 5. The van der Waals surface area contributed by atoms with Crippen LogP contribution in [0.5, 0.6) is 0 Å². The van der Waals surface area contributed by atoms with Crippen molar-refractivity contribution in [2.24, 2.45) is 0 Å². The molecule has 0 fully saturated rings. The lowest BCUT2D eigenvalue weighted by molar-refractivity contribution is 0.164. The summed E-state index contributed by atoms with van der Waals surface area (Å²) in [5.41, 5.74) is 0. The van der Waals surface area contributed by atoms with E-state index >= 15 is 0 Å². The highest BCUT2D eigenvalue weighted by Gasteiger charge is 2.04. The lowest BCUT2D eigenvalue weighted by Gasteiger charge is -2.09. The van der Waals surface area contributed by atoms with E-state index in [9.17, 15) is 5.11 Å². The molecule has 0 aliphatic heterocycles. The molecule has 0 aliphatic rings. The van der Waals surface area contributed by atoms with Gasteiger partial charge in [-0.1, -0.05) is 6.92 Å². The Kier molecular flexibility index (Phi) is 3.74. The topological polar surface area (TPSA) is 45.1 Å². The van der Waals surface area contributed by atoms with Gasteiger partial charge in [0.15, 0.2) is 0 Å². The molecule has 2 aromatic rings. The van der Waals surface area contributed by atoms with E-state index in [0.29, 0.717) is 0 Å². The molecule has 2 N–H and O–H groups in total. The van der Waals surface area contributed by atoms with E-state index < -0.39 is 0 Å². The molecule has 4 heteroatoms. The fourth-order valence-corrected chi connectivity index (χ4v) is 2.38. The molecule has 0 saturated heterocycles. The first-order valence-electron chi connectivity index (χ1n) is 5.55. The second-order valence-corrected chi connectivity index (χ2v) is 4.72. The Labute approximate surface area is 99.1 Å². The molecule has 1 atom stereocenters. The number of aliphatic hydroxyl groups is 1. The quantitative estimate of drug-likeness (QED) is 0.839. The van der Waals surface area contributed by atoms with Gasteiger partial charge in [0.2, 0.25) is 0 Å². The Morgan fingerprint density at radius 2 is 2.38 bits per heavy atom. The third kappa shape index (κ3) is 2.51. The van der Waals surface area contributed by atoms with Crippen molar-refractivity contribution in [1.29, 1.82) is 0 Å². The van der Waals surface area contributed by atoms with E-state index in [1.165, 1.54) is 10.1 Å². The molecule has 2 aromatic heterocycles. The van der Waals surface area contributed by atoms with Crippen LogP contribution >= 0.6 is 11.3 Å². The van der Waals surface area contributed by atoms with Crippen molar-refractivity contribution in [3.8, 4) is 0 Å². The summed E-state index contributed by atoms with van der Waals surface area (Å²) in [5.74, 6) is 0.919. The molecule has 0 saturated carbocycles. The number of thiophene rings is 1. The summed E-state index contributed by atoms with van der Waals surface area (Å²) in [6.45, 7) is 2.75. The molecule has 0 aromatic carbocycles. The molecule has 2 rings (SSSR count). The van der Waals surface area contributed by atoms with Crippen LogP contribution in [0.4, 0.5) is 5.82 Å². The number of hydrogen-bond acceptors (Lipinski definition) is 4. The highest BCUT2D eigenvalue weighted by Crippen LogP contribution is 2.25. The van der Waals surface area contributed by atoms with Crippen LogP contribution in [0.3, 0.4) is 0 Å². The minimum Gasteiger partial charge on any atom is -0.393 e. The second-order valence-electron chi connectivity index (χ2n) is 3.77. The normalized spacial score (nSPS) is 12.9. The zero-order valence-electron chi connectivity index (χ0n) is 9.31. The minimum absolute atomic E-state index is 0.214. The first-order valence-corrected chi connectivity index (χ1v) is 6.43. The summed E-state index contributed by atoms with van der Waals surface area (Å²) >= 11 is 1.72. The average Bonchev–Trinajstić information content (AvgIpc) is 2.77. The van der Waals surface area contributed by atoms with Gasteiger partial charge < -0.3 is 10.4 Å². The van der Waals surface area contributed by atoms with Gasteiger partial charge in [0.25, 0.3) is 0 Å². The van der Waals surface area contributed by atoms with Crippen molar-refractivity contribution in [1.82, 2.24) is 4.98 Å². The van der Waals surface area contributed by atoms with Gasteiger partial charge in [0.05, 0.1) is 6.10 Å². The smallest absolute Gasteiger partial charge is 0.134 e. The van der Waals surface area contributed by atoms with Crippen molar-refractivity contribution in [3.05, 3.63) is 23.7 Å². The van der Waals surface area contributed by atoms with Crippen molar-refractivity contribution in [3.63, 3.8) is 0 Å². The maximum Gasteiger partial charge on any atom is 0.134 e. The number of hydrogen-bond donors (Lipinski definition) is 2. The zero-order chi connectivity index (χ0) is 11.4. The summed E-state index contributed by atoms with van der Waals surface area (Å²) < 4.78 is 1.24. The molecular weight excluding hydrogens is 220 g/mol. The predicted octanol–water partition coefficient (Wildman–Crippen LogP) is 2.87. The van der Waals surface area contributed by atoms with Crippen LogP contribution in [0.25, 0.3) is 10.1 Å². The summed E-state index contributed by atoms with van der Waals surface area (Å²) in [7, 11) is 0. The summed E-state index contributed by atoms with van der Waals surface area (Å²) in [5, 5.41) is 16.0. The van der Waals surface area contributed by atoms with Gasteiger partial charge in [-0.25, -0.2) is 4.98 Å². The van der Waals surface area contributed by atoms with Crippen LogP contribution < -0.4 is 5.32 Å². The maximum absolute atomic E-state index is 9.45. The Bertz CT molecular complexity index is 455. The van der Waals surface area contributed by atoms with Crippen molar-refractivity contribution >= 4 is 27.2 Å². The third-order valence-electron chi connectivity index (χ3n) is 2.62. The number of nitrogens with zero attached hydrogens (tertiary/aromatic N) is 1. The first-order chi connectivity index (χ1) is 7.81. The highest BCUT2D eigenvalue weighted by atomic mass is 32.1. The summed E-state index contributed by atoms with van der Waals surface area (Å²) in [6, 6.07) is 4.09. The van der Waals surface area contributed by atoms with Crippen LogP contribution in [0.15, 0.2) is 23.7 Å². The number of anilines is 1. The fraction of sp³-hybridized carbons (Fsp3) is 0.417. The molecule has 1 unspecified atom stereocenters. The molecule has 0 amide bonds. The molecule has 0 aliphatic carbocycles. The van der Waals surface area contributed by atoms with E-state index in [1.807, 2.05) is 19.2 Å². The summed E-state index contributed by atoms with van der Waals surface area (Å²) in [4.78, 5) is 4.32. The van der Waals surface area contributed by atoms with E-state index in [0.717, 1.165) is 25.2 Å². The van der Waals surface area contributed by atoms with Gasteiger partial charge >= 0.3 is 0 Å². The number of aromatic nitrogens is 1. The molecule has 0 spiro atoms. The molecule has 0 bridgehead atoms. The monoisotopic (exact) mass is 236 g/mol. The lowest BCUT2D eigenvalue weighted by atomic mass is 10.2. The van der Waals surface area contributed by atoms with Crippen LogP contribution in [0.2, 0.25) is 0 Å². The van der Waals surface area contributed by atoms with Crippen LogP contribution in [-0.4, -0.2) is 22.7 Å². The van der Waals surface area contributed by atoms with Gasteiger partial charge in [-0.15, -0.1) is 11.3 Å². The van der Waals surface area contributed by atoms with Gasteiger partial charge in [-0.05, 0) is 30.4 Å². The number of pyridine rings is 1. The number of fused-ring (bicyclic) bond motifs is 1. The van der Waals surface area contributed by atoms with Crippen molar-refractivity contribution in [2.75, 3.05) is 11.9 Å². The van der Waals surface area contributed by atoms with E-state index in [4.69, 9.17) is 0 Å². The Hall–Kier alpha value is -1.13. The average molecular weight is 236 g/mol. The molecule has 3 nitrogen and oxygen atoms in total. The van der Waals surface area contributed by atoms with Gasteiger partial charge in [0, 0.05) is 22.8 Å². The molecule has 0 radical (unpaired) electrons. The number of aliphatic hydroxyl groups excluding tert-OH is 1. The fourth-order valence-electron chi connectivity index (χ4n) is 1.60. The highest BCUT2D eigenvalue weighted by molar-refractivity contribution is 7.17. The minimum atomic E-state index is -0.214.